The molecule has 0 saturated carbocycles. The lowest BCUT2D eigenvalue weighted by Gasteiger charge is -2.48. The molecule has 0 radical (unpaired) electrons. The van der Waals surface area contributed by atoms with Crippen molar-refractivity contribution in [3.05, 3.63) is 65.7 Å². The number of carbonyl (C=O) groups is 1. The first-order valence-electron chi connectivity index (χ1n) is 11.1. The molecule has 33 heavy (non-hydrogen) atoms. The largest absolute Gasteiger partial charge is 0.497 e. The van der Waals surface area contributed by atoms with E-state index in [1.54, 1.807) is 18.9 Å². The molecule has 7 nitrogen and oxygen atoms in total. The molecule has 2 fully saturated rings. The normalized spacial score (nSPS) is 29.2. The van der Waals surface area contributed by atoms with Gasteiger partial charge in [0.25, 0.3) is 0 Å². The van der Waals surface area contributed by atoms with Gasteiger partial charge in [0.2, 0.25) is 0 Å². The molecule has 2 aliphatic rings. The monoisotopic (exact) mass is 474 g/mol. The number of ether oxygens (including phenoxy) is 6. The third-order valence-electron chi connectivity index (χ3n) is 5.59. The Kier molecular flexibility index (Phi) is 8.27. The van der Waals surface area contributed by atoms with Gasteiger partial charge in [0.1, 0.15) is 29.5 Å². The fourth-order valence-electron chi connectivity index (χ4n) is 4.05. The number of esters is 1. The number of fused-ring (bicyclic) bond motifs is 1. The second kappa shape index (κ2) is 11.4. The van der Waals surface area contributed by atoms with Crippen LogP contribution in [0, 0.1) is 0 Å². The van der Waals surface area contributed by atoms with Gasteiger partial charge in [-0.2, -0.15) is 0 Å². The van der Waals surface area contributed by atoms with E-state index in [1.165, 1.54) is 6.92 Å². The topological polar surface area (TPSA) is 72.5 Å². The van der Waals surface area contributed by atoms with Crippen LogP contribution in [0.5, 0.6) is 5.75 Å². The summed E-state index contributed by atoms with van der Waals surface area (Å²) in [6.45, 7) is 4.13. The van der Waals surface area contributed by atoms with E-state index < -0.39 is 24.6 Å². The highest BCUT2D eigenvalue weighted by atomic mass is 32.2. The lowest BCUT2D eigenvalue weighted by Crippen LogP contribution is -2.62. The van der Waals surface area contributed by atoms with Gasteiger partial charge in [0.15, 0.2) is 12.4 Å². The smallest absolute Gasteiger partial charge is 0.303 e. The molecular formula is C25H30O7S. The second-order valence-corrected chi connectivity index (χ2v) is 9.25. The van der Waals surface area contributed by atoms with Gasteiger partial charge in [-0.3, -0.25) is 4.79 Å². The van der Waals surface area contributed by atoms with Crippen LogP contribution in [0.2, 0.25) is 0 Å². The zero-order valence-electron chi connectivity index (χ0n) is 19.0. The summed E-state index contributed by atoms with van der Waals surface area (Å²) in [4.78, 5) is 12.0. The Labute approximate surface area is 198 Å². The summed E-state index contributed by atoms with van der Waals surface area (Å²) in [5, 5.41) is 0. The Morgan fingerprint density at radius 2 is 1.82 bits per heavy atom. The zero-order valence-corrected chi connectivity index (χ0v) is 19.9. The van der Waals surface area contributed by atoms with E-state index >= 15 is 0 Å². The zero-order chi connectivity index (χ0) is 23.2. The first-order valence-corrected chi connectivity index (χ1v) is 12.1. The molecule has 3 unspecified atom stereocenters. The van der Waals surface area contributed by atoms with E-state index in [4.69, 9.17) is 28.4 Å². The molecule has 0 spiro atoms. The molecule has 2 heterocycles. The van der Waals surface area contributed by atoms with Crippen LogP contribution < -0.4 is 4.74 Å². The van der Waals surface area contributed by atoms with Crippen LogP contribution in [-0.4, -0.2) is 55.3 Å². The number of thioether (sulfide) groups is 1. The van der Waals surface area contributed by atoms with Crippen molar-refractivity contribution < 1.29 is 33.2 Å². The maximum Gasteiger partial charge on any atom is 0.303 e. The van der Waals surface area contributed by atoms with E-state index in [0.717, 1.165) is 22.6 Å². The van der Waals surface area contributed by atoms with E-state index in [1.807, 2.05) is 61.5 Å². The molecule has 2 aliphatic heterocycles. The first kappa shape index (κ1) is 24.0. The molecule has 8 heteroatoms. The Morgan fingerprint density at radius 1 is 1.06 bits per heavy atom. The summed E-state index contributed by atoms with van der Waals surface area (Å²) >= 11 is 1.58. The maximum atomic E-state index is 12.0. The van der Waals surface area contributed by atoms with Crippen LogP contribution in [0.4, 0.5) is 0 Å². The first-order chi connectivity index (χ1) is 16.1. The number of carbonyl (C=O) groups excluding carboxylic acids is 1. The Morgan fingerprint density at radius 3 is 2.48 bits per heavy atom. The summed E-state index contributed by atoms with van der Waals surface area (Å²) in [6, 6.07) is 17.4. The minimum atomic E-state index is -0.610. The molecule has 0 aromatic heterocycles. The van der Waals surface area contributed by atoms with E-state index in [-0.39, 0.29) is 17.5 Å². The van der Waals surface area contributed by atoms with Crippen molar-refractivity contribution >= 4 is 17.7 Å². The summed E-state index contributed by atoms with van der Waals surface area (Å²) in [5.41, 5.74) is 1.52. The van der Waals surface area contributed by atoms with Crippen molar-refractivity contribution in [3.63, 3.8) is 0 Å². The highest BCUT2D eigenvalue weighted by Crippen LogP contribution is 2.39. The van der Waals surface area contributed by atoms with Crippen LogP contribution in [0.25, 0.3) is 0 Å². The fourth-order valence-corrected chi connectivity index (χ4v) is 5.00. The number of hydrogen-bond donors (Lipinski definition) is 0. The Bertz CT molecular complexity index is 891. The summed E-state index contributed by atoms with van der Waals surface area (Å²) < 4.78 is 36.0. The SMILES string of the molecule is CCS[C@@H]1OC2COC(c3ccccc3)O[C@@H]2[C@H](OCc2ccc(OC)cc2)C1OC(C)=O. The van der Waals surface area contributed by atoms with Crippen molar-refractivity contribution in [1.29, 1.82) is 0 Å². The third kappa shape index (κ3) is 5.88. The van der Waals surface area contributed by atoms with Gasteiger partial charge in [-0.25, -0.2) is 0 Å². The van der Waals surface area contributed by atoms with Gasteiger partial charge in [0.05, 0.1) is 20.3 Å². The number of hydrogen-bond acceptors (Lipinski definition) is 8. The molecule has 2 saturated heterocycles. The van der Waals surface area contributed by atoms with Crippen LogP contribution in [0.15, 0.2) is 54.6 Å². The van der Waals surface area contributed by atoms with E-state index in [2.05, 4.69) is 0 Å². The van der Waals surface area contributed by atoms with Gasteiger partial charge in [-0.1, -0.05) is 49.4 Å². The number of methoxy groups -OCH3 is 1. The quantitative estimate of drug-likeness (QED) is 0.530. The lowest BCUT2D eigenvalue weighted by atomic mass is 9.98. The molecule has 178 valence electrons. The standard InChI is InChI=1S/C25H30O7S/c1-4-33-25-23(30-16(2)26)22(28-14-17-10-12-19(27-3)13-11-17)21-20(31-25)15-29-24(32-21)18-8-6-5-7-9-18/h5-13,20-25H,4,14-15H2,1-3H3/t20?,21-,22-,23?,24?,25-/m0/s1. The minimum Gasteiger partial charge on any atom is -0.497 e. The predicted molar refractivity (Wildman–Crippen MR) is 124 cm³/mol. The Hall–Kier alpha value is -2.10. The van der Waals surface area contributed by atoms with Crippen LogP contribution >= 0.6 is 11.8 Å². The summed E-state index contributed by atoms with van der Waals surface area (Å²) in [5.74, 6) is 1.20. The number of benzene rings is 2. The van der Waals surface area contributed by atoms with Gasteiger partial charge in [-0.05, 0) is 23.4 Å². The van der Waals surface area contributed by atoms with Crippen LogP contribution in [-0.2, 0) is 35.1 Å². The Balaban J connectivity index is 1.57. The highest BCUT2D eigenvalue weighted by Gasteiger charge is 2.52. The second-order valence-electron chi connectivity index (χ2n) is 7.87. The van der Waals surface area contributed by atoms with Gasteiger partial charge in [0, 0.05) is 12.5 Å². The molecular weight excluding hydrogens is 444 g/mol. The minimum absolute atomic E-state index is 0.332. The van der Waals surface area contributed by atoms with Gasteiger partial charge >= 0.3 is 5.97 Å². The molecule has 2 aromatic rings. The van der Waals surface area contributed by atoms with Crippen LogP contribution in [0.1, 0.15) is 31.3 Å². The lowest BCUT2D eigenvalue weighted by molar-refractivity contribution is -0.326. The van der Waals surface area contributed by atoms with Crippen LogP contribution in [0.3, 0.4) is 0 Å². The molecule has 0 bridgehead atoms. The third-order valence-corrected chi connectivity index (χ3v) is 6.63. The van der Waals surface area contributed by atoms with Crippen molar-refractivity contribution in [2.75, 3.05) is 19.5 Å². The highest BCUT2D eigenvalue weighted by molar-refractivity contribution is 7.99. The van der Waals surface area contributed by atoms with Crippen molar-refractivity contribution in [1.82, 2.24) is 0 Å². The molecule has 4 rings (SSSR count). The van der Waals surface area contributed by atoms with E-state index in [9.17, 15) is 4.79 Å². The van der Waals surface area contributed by atoms with Gasteiger partial charge < -0.3 is 28.4 Å². The maximum absolute atomic E-state index is 12.0. The molecule has 0 aliphatic carbocycles. The molecule has 6 atom stereocenters. The molecule has 0 amide bonds. The summed E-state index contributed by atoms with van der Waals surface area (Å²) in [7, 11) is 1.63. The predicted octanol–water partition coefficient (Wildman–Crippen LogP) is 4.10. The van der Waals surface area contributed by atoms with E-state index in [0.29, 0.717) is 13.2 Å². The van der Waals surface area contributed by atoms with Crippen molar-refractivity contribution in [2.24, 2.45) is 0 Å². The van der Waals surface area contributed by atoms with Crippen molar-refractivity contribution in [3.8, 4) is 5.75 Å². The number of rotatable bonds is 8. The average molecular weight is 475 g/mol. The average Bonchev–Trinajstić information content (AvgIpc) is 2.84. The van der Waals surface area contributed by atoms with Gasteiger partial charge in [-0.15, -0.1) is 11.8 Å². The van der Waals surface area contributed by atoms with Crippen molar-refractivity contribution in [2.45, 2.75) is 56.6 Å². The fraction of sp³-hybridized carbons (Fsp3) is 0.480. The molecule has 0 N–H and O–H groups in total. The molecule has 2 aromatic carbocycles. The summed E-state index contributed by atoms with van der Waals surface area (Å²) in [6.07, 6.45) is -2.46.